The summed E-state index contributed by atoms with van der Waals surface area (Å²) >= 11 is 1.56. The van der Waals surface area contributed by atoms with Gasteiger partial charge in [-0.1, -0.05) is 67.9 Å². The summed E-state index contributed by atoms with van der Waals surface area (Å²) in [6, 6.07) is 19.6. The predicted molar refractivity (Wildman–Crippen MR) is 144 cm³/mol. The molecule has 35 heavy (non-hydrogen) atoms. The highest BCUT2D eigenvalue weighted by molar-refractivity contribution is 7.10. The zero-order valence-electron chi connectivity index (χ0n) is 20.6. The van der Waals surface area contributed by atoms with Gasteiger partial charge in [-0.2, -0.15) is 0 Å². The van der Waals surface area contributed by atoms with E-state index in [2.05, 4.69) is 13.8 Å². The normalized spacial score (nSPS) is 21.3. The van der Waals surface area contributed by atoms with Crippen LogP contribution in [-0.2, 0) is 4.79 Å². The molecule has 0 amide bonds. The molecule has 1 aliphatic heterocycles. The molecule has 1 aliphatic carbocycles. The van der Waals surface area contributed by atoms with Gasteiger partial charge in [0, 0.05) is 28.1 Å². The third kappa shape index (κ3) is 4.04. The van der Waals surface area contributed by atoms with Gasteiger partial charge >= 0.3 is 0 Å². The zero-order valence-corrected chi connectivity index (χ0v) is 21.4. The van der Waals surface area contributed by atoms with Gasteiger partial charge in [0.25, 0.3) is 0 Å². The Bertz CT molecular complexity index is 1380. The van der Waals surface area contributed by atoms with E-state index in [4.69, 9.17) is 0 Å². The van der Waals surface area contributed by atoms with E-state index in [0.717, 1.165) is 27.4 Å². The molecule has 2 N–H and O–H groups in total. The Morgan fingerprint density at radius 3 is 2.40 bits per heavy atom. The number of anilines is 1. The summed E-state index contributed by atoms with van der Waals surface area (Å²) in [6.45, 7) is 8.25. The number of carbonyl (C=O) groups is 1. The minimum atomic E-state index is -0.470. The van der Waals surface area contributed by atoms with Crippen molar-refractivity contribution >= 4 is 34.4 Å². The third-order valence-electron chi connectivity index (χ3n) is 6.99. The number of aryl methyl sites for hydroxylation is 2. The van der Waals surface area contributed by atoms with Crippen molar-refractivity contribution in [2.24, 2.45) is 5.41 Å². The van der Waals surface area contributed by atoms with Crippen LogP contribution < -0.4 is 4.90 Å². The van der Waals surface area contributed by atoms with Crippen molar-refractivity contribution in [1.82, 2.24) is 0 Å². The van der Waals surface area contributed by atoms with Crippen molar-refractivity contribution < 1.29 is 9.90 Å². The number of hydrogen-bond donors (Lipinski definition) is 2. The number of aliphatic hydroxyl groups excluding tert-OH is 1. The first-order chi connectivity index (χ1) is 16.7. The molecule has 1 aromatic heterocycles. The number of Topliss-reactive ketones (excluding diaryl/α,β-unsaturated/α-hetero) is 1. The number of amidine groups is 1. The average molecular weight is 483 g/mol. The van der Waals surface area contributed by atoms with Crippen molar-refractivity contribution in [3.8, 4) is 0 Å². The van der Waals surface area contributed by atoms with Crippen LogP contribution in [0.1, 0.15) is 54.2 Å². The standard InChI is InChI=1S/C30H30N2O2S/c1-18-11-13-20(14-12-18)28(34)27-26(24-10-7-15-35-24)25-22(16-30(3,4)17-23(25)33)32(29(27)31)21-9-6-5-8-19(21)2/h5-15,26,31,34H,16-17H2,1-4H3/b28-27+,31-29?. The number of rotatable bonds is 3. The topological polar surface area (TPSA) is 64.4 Å². The Morgan fingerprint density at radius 2 is 1.74 bits per heavy atom. The first kappa shape index (κ1) is 23.3. The smallest absolute Gasteiger partial charge is 0.162 e. The highest BCUT2D eigenvalue weighted by Crippen LogP contribution is 2.52. The largest absolute Gasteiger partial charge is 0.507 e. The molecule has 1 atom stereocenters. The molecule has 3 aromatic rings. The number of para-hydroxylation sites is 1. The van der Waals surface area contributed by atoms with Crippen LogP contribution in [-0.4, -0.2) is 16.7 Å². The summed E-state index contributed by atoms with van der Waals surface area (Å²) in [5.41, 5.74) is 5.48. The molecule has 0 radical (unpaired) electrons. The highest BCUT2D eigenvalue weighted by atomic mass is 32.1. The van der Waals surface area contributed by atoms with Crippen LogP contribution in [0.5, 0.6) is 0 Å². The molecule has 0 spiro atoms. The summed E-state index contributed by atoms with van der Waals surface area (Å²) in [5, 5.41) is 23.1. The molecule has 1 unspecified atom stereocenters. The number of benzene rings is 2. The lowest BCUT2D eigenvalue weighted by Crippen LogP contribution is -2.45. The van der Waals surface area contributed by atoms with Crippen molar-refractivity contribution in [1.29, 1.82) is 5.41 Å². The van der Waals surface area contributed by atoms with E-state index in [1.807, 2.05) is 84.8 Å². The Morgan fingerprint density at radius 1 is 1.03 bits per heavy atom. The number of allylic oxidation sites excluding steroid dienone is 2. The van der Waals surface area contributed by atoms with E-state index in [1.165, 1.54) is 0 Å². The SMILES string of the molecule is Cc1ccc(/C(O)=C2\C(=N)N(c3ccccc3C)C3=C(C(=O)CC(C)(C)C3)C2c2cccs2)cc1. The van der Waals surface area contributed by atoms with Gasteiger partial charge in [0.05, 0.1) is 17.2 Å². The fourth-order valence-corrected chi connectivity index (χ4v) is 6.14. The van der Waals surface area contributed by atoms with E-state index < -0.39 is 5.92 Å². The van der Waals surface area contributed by atoms with Crippen LogP contribution in [0.3, 0.4) is 0 Å². The minimum Gasteiger partial charge on any atom is -0.507 e. The molecule has 2 aliphatic rings. The molecule has 4 nitrogen and oxygen atoms in total. The van der Waals surface area contributed by atoms with Crippen LogP contribution in [0.4, 0.5) is 5.69 Å². The second-order valence-electron chi connectivity index (χ2n) is 10.3. The first-order valence-corrected chi connectivity index (χ1v) is 12.8. The van der Waals surface area contributed by atoms with Crippen molar-refractivity contribution in [2.45, 2.75) is 46.5 Å². The van der Waals surface area contributed by atoms with E-state index in [0.29, 0.717) is 29.6 Å². The molecular weight excluding hydrogens is 452 g/mol. The fraction of sp³-hybridized carbons (Fsp3) is 0.267. The monoisotopic (exact) mass is 482 g/mol. The van der Waals surface area contributed by atoms with E-state index in [9.17, 15) is 15.3 Å². The summed E-state index contributed by atoms with van der Waals surface area (Å²) in [5.74, 6) is -0.103. The van der Waals surface area contributed by atoms with Crippen molar-refractivity contribution in [3.05, 3.63) is 104 Å². The van der Waals surface area contributed by atoms with Crippen LogP contribution >= 0.6 is 11.3 Å². The highest BCUT2D eigenvalue weighted by Gasteiger charge is 2.47. The third-order valence-corrected chi connectivity index (χ3v) is 7.92. The summed E-state index contributed by atoms with van der Waals surface area (Å²) in [6.07, 6.45) is 1.13. The minimum absolute atomic E-state index is 0.0520. The number of ketones is 1. The zero-order chi connectivity index (χ0) is 24.9. The summed E-state index contributed by atoms with van der Waals surface area (Å²) in [7, 11) is 0. The molecule has 0 saturated carbocycles. The maximum absolute atomic E-state index is 13.8. The maximum atomic E-state index is 13.8. The second-order valence-corrected chi connectivity index (χ2v) is 11.3. The van der Waals surface area contributed by atoms with Gasteiger partial charge in [0.2, 0.25) is 0 Å². The van der Waals surface area contributed by atoms with E-state index >= 15 is 0 Å². The number of nitrogens with one attached hydrogen (secondary N) is 1. The summed E-state index contributed by atoms with van der Waals surface area (Å²) < 4.78 is 0. The Kier molecular flexibility index (Phi) is 5.76. The maximum Gasteiger partial charge on any atom is 0.162 e. The Balaban J connectivity index is 1.85. The van der Waals surface area contributed by atoms with E-state index in [1.54, 1.807) is 11.3 Å². The van der Waals surface area contributed by atoms with E-state index in [-0.39, 0.29) is 22.8 Å². The molecule has 2 aromatic carbocycles. The number of aliphatic hydroxyl groups is 1. The van der Waals surface area contributed by atoms with Crippen LogP contribution in [0.15, 0.2) is 82.9 Å². The van der Waals surface area contributed by atoms with Gasteiger partial charge in [0.1, 0.15) is 11.6 Å². The van der Waals surface area contributed by atoms with Crippen molar-refractivity contribution in [3.63, 3.8) is 0 Å². The molecule has 5 heteroatoms. The molecule has 5 rings (SSSR count). The molecular formula is C30H30N2O2S. The quantitative estimate of drug-likeness (QED) is 0.379. The molecule has 178 valence electrons. The van der Waals surface area contributed by atoms with Gasteiger partial charge in [0.15, 0.2) is 5.78 Å². The second kappa shape index (κ2) is 8.65. The molecule has 2 heterocycles. The number of hydrogen-bond acceptors (Lipinski definition) is 4. The number of carbonyl (C=O) groups excluding carboxylic acids is 1. The fourth-order valence-electron chi connectivity index (χ4n) is 5.30. The van der Waals surface area contributed by atoms with Crippen LogP contribution in [0, 0.1) is 24.7 Å². The van der Waals surface area contributed by atoms with Crippen LogP contribution in [0.2, 0.25) is 0 Å². The number of nitrogens with zero attached hydrogens (tertiary/aromatic N) is 1. The summed E-state index contributed by atoms with van der Waals surface area (Å²) in [4.78, 5) is 16.7. The van der Waals surface area contributed by atoms with Gasteiger partial charge < -0.3 is 5.11 Å². The van der Waals surface area contributed by atoms with Gasteiger partial charge in [-0.25, -0.2) is 0 Å². The lowest BCUT2D eigenvalue weighted by Gasteiger charge is -2.45. The average Bonchev–Trinajstić information content (AvgIpc) is 3.33. The van der Waals surface area contributed by atoms with Gasteiger partial charge in [-0.15, -0.1) is 11.3 Å². The predicted octanol–water partition coefficient (Wildman–Crippen LogP) is 7.56. The Hall–Kier alpha value is -3.44. The lowest BCUT2D eigenvalue weighted by atomic mass is 9.68. The first-order valence-electron chi connectivity index (χ1n) is 11.9. The number of thiophene rings is 1. The Labute approximate surface area is 210 Å². The van der Waals surface area contributed by atoms with Crippen LogP contribution in [0.25, 0.3) is 5.76 Å². The van der Waals surface area contributed by atoms with Crippen molar-refractivity contribution in [2.75, 3.05) is 4.90 Å². The molecule has 0 bridgehead atoms. The van der Waals surface area contributed by atoms with Gasteiger partial charge in [-0.3, -0.25) is 15.1 Å². The lowest BCUT2D eigenvalue weighted by molar-refractivity contribution is -0.118. The van der Waals surface area contributed by atoms with Gasteiger partial charge in [-0.05, 0) is 48.8 Å². The molecule has 0 saturated heterocycles. The molecule has 0 fully saturated rings.